The fourth-order valence-electron chi connectivity index (χ4n) is 3.85. The number of hydrogen-bond acceptors (Lipinski definition) is 3. The number of pyridine rings is 1. The maximum absolute atomic E-state index is 13.0. The molecular weight excluding hydrogens is 372 g/mol. The minimum absolute atomic E-state index is 0.213. The van der Waals surface area contributed by atoms with Crippen LogP contribution in [0, 0.1) is 0 Å². The Labute approximate surface area is 174 Å². The minimum Gasteiger partial charge on any atom is -0.319 e. The van der Waals surface area contributed by atoms with E-state index < -0.39 is 0 Å². The third-order valence-electron chi connectivity index (χ3n) is 5.21. The van der Waals surface area contributed by atoms with Crippen molar-refractivity contribution in [2.75, 3.05) is 5.32 Å². The van der Waals surface area contributed by atoms with Crippen molar-refractivity contribution in [1.29, 1.82) is 0 Å². The molecule has 0 unspecified atom stereocenters. The van der Waals surface area contributed by atoms with E-state index in [0.29, 0.717) is 11.4 Å². The van der Waals surface area contributed by atoms with Gasteiger partial charge in [0.25, 0.3) is 5.91 Å². The van der Waals surface area contributed by atoms with E-state index in [1.165, 1.54) is 5.57 Å². The number of hydrogen-bond donors (Lipinski definition) is 1. The number of nitrogens with zero attached hydrogens (tertiary/aromatic N) is 3. The Morgan fingerprint density at radius 2 is 1.70 bits per heavy atom. The lowest BCUT2D eigenvalue weighted by atomic mass is 10.1. The molecule has 5 heteroatoms. The summed E-state index contributed by atoms with van der Waals surface area (Å²) in [4.78, 5) is 17.1. The van der Waals surface area contributed by atoms with Crippen molar-refractivity contribution in [2.24, 2.45) is 0 Å². The van der Waals surface area contributed by atoms with Crippen molar-refractivity contribution in [3.05, 3.63) is 108 Å². The van der Waals surface area contributed by atoms with Crippen molar-refractivity contribution in [1.82, 2.24) is 14.8 Å². The molecule has 2 aromatic heterocycles. The van der Waals surface area contributed by atoms with Crippen molar-refractivity contribution >= 4 is 23.2 Å². The van der Waals surface area contributed by atoms with E-state index in [0.717, 1.165) is 35.3 Å². The first kappa shape index (κ1) is 18.1. The van der Waals surface area contributed by atoms with Crippen molar-refractivity contribution in [3.63, 3.8) is 0 Å². The summed E-state index contributed by atoms with van der Waals surface area (Å²) in [6, 6.07) is 23.8. The smallest absolute Gasteiger partial charge is 0.276 e. The second-order valence-corrected chi connectivity index (χ2v) is 7.20. The molecule has 146 valence electrons. The van der Waals surface area contributed by atoms with Gasteiger partial charge in [0.15, 0.2) is 5.69 Å². The zero-order valence-electron chi connectivity index (χ0n) is 16.3. The van der Waals surface area contributed by atoms with E-state index in [2.05, 4.69) is 28.5 Å². The fourth-order valence-corrected chi connectivity index (χ4v) is 3.85. The van der Waals surface area contributed by atoms with E-state index in [1.54, 1.807) is 18.5 Å². The molecule has 1 amide bonds. The number of para-hydroxylation sites is 1. The molecule has 1 aliphatic carbocycles. The predicted octanol–water partition coefficient (Wildman–Crippen LogP) is 5.01. The molecule has 0 fully saturated rings. The van der Waals surface area contributed by atoms with Crippen LogP contribution in [0.2, 0.25) is 0 Å². The summed E-state index contributed by atoms with van der Waals surface area (Å²) in [6.45, 7) is 0. The van der Waals surface area contributed by atoms with Gasteiger partial charge in [-0.3, -0.25) is 9.78 Å². The first-order valence-electron chi connectivity index (χ1n) is 9.94. The normalized spacial score (nSPS) is 13.9. The summed E-state index contributed by atoms with van der Waals surface area (Å²) in [6.07, 6.45) is 7.17. The molecule has 0 spiro atoms. The zero-order chi connectivity index (χ0) is 20.3. The third-order valence-corrected chi connectivity index (χ3v) is 5.21. The number of carbonyl (C=O) groups excluding carboxylic acids is 1. The highest BCUT2D eigenvalue weighted by atomic mass is 16.2. The van der Waals surface area contributed by atoms with Crippen molar-refractivity contribution < 1.29 is 4.79 Å². The molecule has 1 N–H and O–H groups in total. The monoisotopic (exact) mass is 392 g/mol. The lowest BCUT2D eigenvalue weighted by molar-refractivity contribution is 0.102. The second-order valence-electron chi connectivity index (χ2n) is 7.20. The molecule has 2 aromatic carbocycles. The van der Waals surface area contributed by atoms with E-state index in [-0.39, 0.29) is 5.91 Å². The topological polar surface area (TPSA) is 59.8 Å². The number of allylic oxidation sites excluding steroid dienone is 1. The molecule has 0 saturated carbocycles. The largest absolute Gasteiger partial charge is 0.319 e. The van der Waals surface area contributed by atoms with E-state index in [1.807, 2.05) is 59.3 Å². The Kier molecular flexibility index (Phi) is 4.69. The summed E-state index contributed by atoms with van der Waals surface area (Å²) >= 11 is 0. The maximum Gasteiger partial charge on any atom is 0.276 e. The molecule has 5 nitrogen and oxygen atoms in total. The average Bonchev–Trinajstić information content (AvgIpc) is 3.37. The van der Waals surface area contributed by atoms with Crippen LogP contribution in [0.25, 0.3) is 17.3 Å². The van der Waals surface area contributed by atoms with Crippen LogP contribution in [0.4, 0.5) is 5.69 Å². The first-order valence-corrected chi connectivity index (χ1v) is 9.94. The van der Waals surface area contributed by atoms with Gasteiger partial charge in [0.05, 0.1) is 23.3 Å². The standard InChI is InChI=1S/C25H20N4O/c30-25(27-20-10-7-15-26-17-20)23-22-14-13-19(16-18-8-3-1-4-9-18)24(22)29(28-23)21-11-5-2-6-12-21/h1-12,15-17H,13-14H2,(H,27,30)/b19-16-. The van der Waals surface area contributed by atoms with Crippen LogP contribution in [0.3, 0.4) is 0 Å². The van der Waals surface area contributed by atoms with Gasteiger partial charge < -0.3 is 5.32 Å². The molecular formula is C25H20N4O. The van der Waals surface area contributed by atoms with Gasteiger partial charge in [-0.15, -0.1) is 0 Å². The quantitative estimate of drug-likeness (QED) is 0.531. The van der Waals surface area contributed by atoms with Gasteiger partial charge in [0, 0.05) is 11.8 Å². The Morgan fingerprint density at radius 3 is 2.43 bits per heavy atom. The predicted molar refractivity (Wildman–Crippen MR) is 118 cm³/mol. The number of fused-ring (bicyclic) bond motifs is 1. The number of anilines is 1. The van der Waals surface area contributed by atoms with Crippen LogP contribution in [-0.4, -0.2) is 20.7 Å². The Morgan fingerprint density at radius 1 is 0.933 bits per heavy atom. The van der Waals surface area contributed by atoms with Gasteiger partial charge in [0.1, 0.15) is 0 Å². The summed E-state index contributed by atoms with van der Waals surface area (Å²) in [5.74, 6) is -0.213. The first-order chi connectivity index (χ1) is 14.8. The van der Waals surface area contributed by atoms with Gasteiger partial charge in [-0.2, -0.15) is 5.10 Å². The highest BCUT2D eigenvalue weighted by molar-refractivity contribution is 6.05. The summed E-state index contributed by atoms with van der Waals surface area (Å²) in [5.41, 5.74) is 6.40. The van der Waals surface area contributed by atoms with Crippen LogP contribution >= 0.6 is 0 Å². The fraction of sp³-hybridized carbons (Fsp3) is 0.0800. The van der Waals surface area contributed by atoms with Gasteiger partial charge in [-0.05, 0) is 54.3 Å². The minimum atomic E-state index is -0.213. The van der Waals surface area contributed by atoms with Crippen LogP contribution in [0.15, 0.2) is 85.2 Å². The van der Waals surface area contributed by atoms with E-state index >= 15 is 0 Å². The summed E-state index contributed by atoms with van der Waals surface area (Å²) in [7, 11) is 0. The zero-order valence-corrected chi connectivity index (χ0v) is 16.3. The Bertz CT molecular complexity index is 1210. The highest BCUT2D eigenvalue weighted by Crippen LogP contribution is 2.37. The Hall–Kier alpha value is -3.99. The SMILES string of the molecule is O=C(Nc1cccnc1)c1nn(-c2ccccc2)c2c1CC/C2=C/c1ccccc1. The highest BCUT2D eigenvalue weighted by Gasteiger charge is 2.30. The molecule has 0 aliphatic heterocycles. The number of nitrogens with one attached hydrogen (secondary N) is 1. The van der Waals surface area contributed by atoms with E-state index in [4.69, 9.17) is 5.10 Å². The molecule has 4 aromatic rings. The lowest BCUT2D eigenvalue weighted by Gasteiger charge is -2.08. The lowest BCUT2D eigenvalue weighted by Crippen LogP contribution is -2.15. The number of carbonyl (C=O) groups is 1. The van der Waals surface area contributed by atoms with Crippen LogP contribution < -0.4 is 5.32 Å². The van der Waals surface area contributed by atoms with Crippen molar-refractivity contribution in [2.45, 2.75) is 12.8 Å². The van der Waals surface area contributed by atoms with Gasteiger partial charge in [0.2, 0.25) is 0 Å². The van der Waals surface area contributed by atoms with Crippen LogP contribution in [-0.2, 0) is 6.42 Å². The molecule has 5 rings (SSSR count). The third kappa shape index (κ3) is 3.42. The van der Waals surface area contributed by atoms with Crippen molar-refractivity contribution in [3.8, 4) is 5.69 Å². The maximum atomic E-state index is 13.0. The Balaban J connectivity index is 1.60. The molecule has 2 heterocycles. The van der Waals surface area contributed by atoms with Crippen LogP contribution in [0.1, 0.15) is 33.7 Å². The molecule has 0 radical (unpaired) electrons. The second kappa shape index (κ2) is 7.79. The summed E-state index contributed by atoms with van der Waals surface area (Å²) < 4.78 is 1.90. The molecule has 1 aliphatic rings. The number of aromatic nitrogens is 3. The van der Waals surface area contributed by atoms with Gasteiger partial charge in [-0.25, -0.2) is 4.68 Å². The summed E-state index contributed by atoms with van der Waals surface area (Å²) in [5, 5.41) is 7.65. The average molecular weight is 392 g/mol. The molecule has 0 bridgehead atoms. The van der Waals surface area contributed by atoms with E-state index in [9.17, 15) is 4.79 Å². The molecule has 30 heavy (non-hydrogen) atoms. The van der Waals surface area contributed by atoms with Crippen LogP contribution in [0.5, 0.6) is 0 Å². The van der Waals surface area contributed by atoms with Gasteiger partial charge >= 0.3 is 0 Å². The molecule has 0 saturated heterocycles. The number of benzene rings is 2. The number of rotatable bonds is 4. The van der Waals surface area contributed by atoms with Gasteiger partial charge in [-0.1, -0.05) is 48.5 Å². The molecule has 0 atom stereocenters. The number of amides is 1.